The first-order valence-electron chi connectivity index (χ1n) is 10.1. The Kier molecular flexibility index (Phi) is 5.62. The Balaban J connectivity index is 1.34. The van der Waals surface area contributed by atoms with Crippen molar-refractivity contribution in [3.63, 3.8) is 0 Å². The van der Waals surface area contributed by atoms with E-state index < -0.39 is 0 Å². The average molecular weight is 380 g/mol. The van der Waals surface area contributed by atoms with E-state index in [0.29, 0.717) is 17.4 Å². The van der Waals surface area contributed by atoms with Gasteiger partial charge in [-0.15, -0.1) is 0 Å². The molecule has 2 heterocycles. The smallest absolute Gasteiger partial charge is 0.166 e. The molecule has 1 fully saturated rings. The van der Waals surface area contributed by atoms with Gasteiger partial charge in [-0.3, -0.25) is 14.7 Å². The molecule has 1 aliphatic heterocycles. The minimum Gasteiger partial charge on any atom is -0.493 e. The van der Waals surface area contributed by atoms with Crippen molar-refractivity contribution >= 4 is 5.78 Å². The lowest BCUT2D eigenvalue weighted by Gasteiger charge is -2.32. The summed E-state index contributed by atoms with van der Waals surface area (Å²) in [5.74, 6) is 2.33. The maximum Gasteiger partial charge on any atom is 0.166 e. The van der Waals surface area contributed by atoms with Crippen LogP contribution in [0.1, 0.15) is 40.9 Å². The van der Waals surface area contributed by atoms with Gasteiger partial charge in [-0.25, -0.2) is 0 Å². The second-order valence-corrected chi connectivity index (χ2v) is 7.91. The van der Waals surface area contributed by atoms with Gasteiger partial charge >= 0.3 is 0 Å². The van der Waals surface area contributed by atoms with Gasteiger partial charge < -0.3 is 9.47 Å². The van der Waals surface area contributed by atoms with Gasteiger partial charge in [0.1, 0.15) is 0 Å². The van der Waals surface area contributed by atoms with Gasteiger partial charge in [0.05, 0.1) is 19.9 Å². The van der Waals surface area contributed by atoms with Crippen molar-refractivity contribution in [3.05, 3.63) is 53.3 Å². The zero-order valence-electron chi connectivity index (χ0n) is 16.7. The Morgan fingerprint density at radius 3 is 2.54 bits per heavy atom. The molecule has 4 rings (SSSR count). The summed E-state index contributed by atoms with van der Waals surface area (Å²) in [5, 5.41) is 0. The molecule has 1 saturated heterocycles. The standard InChI is InChI=1S/C23H28N2O3/c1-27-21-13-17-12-18(23(26)20(17)14-22(21)28-2)11-16-6-9-25(10-7-16)15-19-5-3-4-8-24-19/h3-5,8,13-14,16,18H,6-7,9-12,15H2,1-2H3. The van der Waals surface area contributed by atoms with Crippen LogP contribution in [-0.4, -0.2) is 43.0 Å². The van der Waals surface area contributed by atoms with Crippen molar-refractivity contribution in [3.8, 4) is 11.5 Å². The number of aromatic nitrogens is 1. The lowest BCUT2D eigenvalue weighted by Crippen LogP contribution is -2.34. The van der Waals surface area contributed by atoms with Gasteiger partial charge in [0.2, 0.25) is 0 Å². The van der Waals surface area contributed by atoms with E-state index in [2.05, 4.69) is 16.0 Å². The van der Waals surface area contributed by atoms with Crippen LogP contribution in [0.3, 0.4) is 0 Å². The molecule has 148 valence electrons. The van der Waals surface area contributed by atoms with Crippen LogP contribution < -0.4 is 9.47 Å². The van der Waals surface area contributed by atoms with Gasteiger partial charge in [0, 0.05) is 24.2 Å². The number of piperidine rings is 1. The second-order valence-electron chi connectivity index (χ2n) is 7.91. The fraction of sp³-hybridized carbons (Fsp3) is 0.478. The number of fused-ring (bicyclic) bond motifs is 1. The third-order valence-corrected chi connectivity index (χ3v) is 6.15. The monoisotopic (exact) mass is 380 g/mol. The fourth-order valence-corrected chi connectivity index (χ4v) is 4.59. The molecule has 2 aliphatic rings. The number of ketones is 1. The molecule has 0 radical (unpaired) electrons. The van der Waals surface area contributed by atoms with Gasteiger partial charge in [0.15, 0.2) is 17.3 Å². The average Bonchev–Trinajstić information content (AvgIpc) is 3.03. The molecule has 0 amide bonds. The van der Waals surface area contributed by atoms with Crippen molar-refractivity contribution < 1.29 is 14.3 Å². The normalized spacial score (nSPS) is 20.2. The third-order valence-electron chi connectivity index (χ3n) is 6.15. The number of hydrogen-bond donors (Lipinski definition) is 0. The van der Waals surface area contributed by atoms with Crippen molar-refractivity contribution in [1.82, 2.24) is 9.88 Å². The minimum absolute atomic E-state index is 0.0964. The molecule has 2 aromatic rings. The number of carbonyl (C=O) groups excluding carboxylic acids is 1. The lowest BCUT2D eigenvalue weighted by molar-refractivity contribution is 0.0895. The Labute approximate surface area is 166 Å². The van der Waals surface area contributed by atoms with Crippen LogP contribution in [-0.2, 0) is 13.0 Å². The van der Waals surface area contributed by atoms with Gasteiger partial charge in [0.25, 0.3) is 0 Å². The second kappa shape index (κ2) is 8.31. The van der Waals surface area contributed by atoms with E-state index in [1.807, 2.05) is 30.5 Å². The number of hydrogen-bond acceptors (Lipinski definition) is 5. The SMILES string of the molecule is COc1cc2c(cc1OC)C(=O)C(CC1CCN(Cc3ccccn3)CC1)C2. The third kappa shape index (κ3) is 3.90. The molecule has 5 nitrogen and oxygen atoms in total. The van der Waals surface area contributed by atoms with Crippen molar-refractivity contribution in [1.29, 1.82) is 0 Å². The summed E-state index contributed by atoms with van der Waals surface area (Å²) in [5.41, 5.74) is 3.04. The predicted molar refractivity (Wildman–Crippen MR) is 108 cm³/mol. The van der Waals surface area contributed by atoms with Crippen LogP contribution in [0, 0.1) is 11.8 Å². The summed E-state index contributed by atoms with van der Waals surface area (Å²) < 4.78 is 10.8. The molecule has 0 spiro atoms. The van der Waals surface area contributed by atoms with Crippen LogP contribution in [0.4, 0.5) is 0 Å². The van der Waals surface area contributed by atoms with E-state index in [1.165, 1.54) is 0 Å². The Morgan fingerprint density at radius 2 is 1.86 bits per heavy atom. The quantitative estimate of drug-likeness (QED) is 0.764. The Morgan fingerprint density at radius 1 is 1.11 bits per heavy atom. The van der Waals surface area contributed by atoms with Crippen molar-refractivity contribution in [2.45, 2.75) is 32.2 Å². The molecule has 1 aromatic carbocycles. The first-order valence-corrected chi connectivity index (χ1v) is 10.1. The highest BCUT2D eigenvalue weighted by molar-refractivity contribution is 6.02. The van der Waals surface area contributed by atoms with E-state index in [9.17, 15) is 4.79 Å². The van der Waals surface area contributed by atoms with Gasteiger partial charge in [-0.1, -0.05) is 6.07 Å². The number of ether oxygens (including phenoxy) is 2. The number of benzene rings is 1. The molecular weight excluding hydrogens is 352 g/mol. The van der Waals surface area contributed by atoms with Gasteiger partial charge in [-0.05, 0) is 74.5 Å². The van der Waals surface area contributed by atoms with Crippen LogP contribution in [0.15, 0.2) is 36.5 Å². The zero-order valence-corrected chi connectivity index (χ0v) is 16.7. The van der Waals surface area contributed by atoms with E-state index in [4.69, 9.17) is 9.47 Å². The van der Waals surface area contributed by atoms with E-state index in [1.54, 1.807) is 14.2 Å². The Hall–Kier alpha value is -2.40. The molecule has 0 N–H and O–H groups in total. The summed E-state index contributed by atoms with van der Waals surface area (Å²) in [6.45, 7) is 3.08. The highest BCUT2D eigenvalue weighted by atomic mass is 16.5. The van der Waals surface area contributed by atoms with Crippen molar-refractivity contribution in [2.75, 3.05) is 27.3 Å². The molecule has 1 aromatic heterocycles. The summed E-state index contributed by atoms with van der Waals surface area (Å²) in [7, 11) is 3.25. The number of methoxy groups -OCH3 is 2. The number of likely N-dealkylation sites (tertiary alicyclic amines) is 1. The Bertz CT molecular complexity index is 829. The van der Waals surface area contributed by atoms with Crippen LogP contribution >= 0.6 is 0 Å². The van der Waals surface area contributed by atoms with Crippen LogP contribution in [0.2, 0.25) is 0 Å². The molecule has 28 heavy (non-hydrogen) atoms. The number of pyridine rings is 1. The summed E-state index contributed by atoms with van der Waals surface area (Å²) in [6, 6.07) is 9.91. The fourth-order valence-electron chi connectivity index (χ4n) is 4.59. The van der Waals surface area contributed by atoms with E-state index >= 15 is 0 Å². The number of rotatable bonds is 6. The highest BCUT2D eigenvalue weighted by Gasteiger charge is 2.34. The largest absolute Gasteiger partial charge is 0.493 e. The molecule has 1 unspecified atom stereocenters. The first-order chi connectivity index (χ1) is 13.7. The zero-order chi connectivity index (χ0) is 19.5. The van der Waals surface area contributed by atoms with E-state index in [-0.39, 0.29) is 11.7 Å². The summed E-state index contributed by atoms with van der Waals surface area (Å²) in [4.78, 5) is 19.8. The summed E-state index contributed by atoms with van der Waals surface area (Å²) >= 11 is 0. The summed E-state index contributed by atoms with van der Waals surface area (Å²) in [6.07, 6.45) is 5.97. The van der Waals surface area contributed by atoms with Crippen molar-refractivity contribution in [2.24, 2.45) is 11.8 Å². The molecular formula is C23H28N2O3. The predicted octanol–water partition coefficient (Wildman–Crippen LogP) is 3.76. The molecule has 0 bridgehead atoms. The maximum absolute atomic E-state index is 12.9. The highest BCUT2D eigenvalue weighted by Crippen LogP contribution is 2.39. The molecule has 5 heteroatoms. The van der Waals surface area contributed by atoms with Gasteiger partial charge in [-0.2, -0.15) is 0 Å². The molecule has 1 atom stereocenters. The van der Waals surface area contributed by atoms with Crippen LogP contribution in [0.25, 0.3) is 0 Å². The molecule has 1 aliphatic carbocycles. The topological polar surface area (TPSA) is 51.7 Å². The number of Topliss-reactive ketones (excluding diaryl/α,β-unsaturated/α-hetero) is 1. The molecule has 0 saturated carbocycles. The number of carbonyl (C=O) groups is 1. The van der Waals surface area contributed by atoms with E-state index in [0.717, 1.165) is 62.1 Å². The number of nitrogens with zero attached hydrogens (tertiary/aromatic N) is 2. The lowest BCUT2D eigenvalue weighted by atomic mass is 9.85. The first kappa shape index (κ1) is 18.9. The minimum atomic E-state index is 0.0964. The maximum atomic E-state index is 12.9. The van der Waals surface area contributed by atoms with Crippen LogP contribution in [0.5, 0.6) is 11.5 Å².